The Morgan fingerprint density at radius 2 is 1.75 bits per heavy atom. The summed E-state index contributed by atoms with van der Waals surface area (Å²) in [7, 11) is 2.08. The normalized spacial score (nSPS) is 17.0. The molecule has 2 aromatic carbocycles. The minimum absolute atomic E-state index is 0. The lowest BCUT2D eigenvalue weighted by Crippen LogP contribution is -2.27. The van der Waals surface area contributed by atoms with Gasteiger partial charge in [-0.1, -0.05) is 75.8 Å². The highest BCUT2D eigenvalue weighted by Crippen LogP contribution is 2.25. The van der Waals surface area contributed by atoms with Crippen LogP contribution < -0.4 is 9.47 Å². The number of benzene rings is 2. The molecular formula is C32H46ClF2NO4. The Labute approximate surface area is 245 Å². The van der Waals surface area contributed by atoms with E-state index in [1.165, 1.54) is 38.2 Å². The summed E-state index contributed by atoms with van der Waals surface area (Å²) < 4.78 is 41.5. The average Bonchev–Trinajstić information content (AvgIpc) is 3.25. The zero-order valence-corrected chi connectivity index (χ0v) is 24.8. The number of carbonyl (C=O) groups excluding carboxylic acids is 1. The molecule has 0 saturated carbocycles. The molecule has 0 aliphatic carbocycles. The van der Waals surface area contributed by atoms with Gasteiger partial charge in [-0.05, 0) is 62.1 Å². The van der Waals surface area contributed by atoms with Gasteiger partial charge in [-0.15, -0.1) is 12.4 Å². The molecule has 0 radical (unpaired) electrons. The van der Waals surface area contributed by atoms with Crippen molar-refractivity contribution >= 4 is 18.4 Å². The summed E-state index contributed by atoms with van der Waals surface area (Å²) in [6.07, 6.45) is 11.9. The maximum absolute atomic E-state index is 12.5. The highest BCUT2D eigenvalue weighted by atomic mass is 35.5. The molecule has 5 nitrogen and oxygen atoms in total. The monoisotopic (exact) mass is 581 g/mol. The third-order valence-electron chi connectivity index (χ3n) is 7.42. The number of halogens is 3. The van der Waals surface area contributed by atoms with E-state index in [9.17, 15) is 13.6 Å². The second kappa shape index (κ2) is 18.9. The number of aryl methyl sites for hydroxylation is 2. The first-order valence-corrected chi connectivity index (χ1v) is 14.6. The van der Waals surface area contributed by atoms with Crippen molar-refractivity contribution in [1.29, 1.82) is 0 Å². The first-order chi connectivity index (χ1) is 18.9. The molecular weight excluding hydrogens is 536 g/mol. The topological polar surface area (TPSA) is 48.0 Å². The third kappa shape index (κ3) is 12.4. The molecule has 1 fully saturated rings. The predicted octanol–water partition coefficient (Wildman–Crippen LogP) is 8.02. The number of hydrogen-bond acceptors (Lipinski definition) is 5. The molecule has 8 heteroatoms. The molecule has 0 bridgehead atoms. The fourth-order valence-electron chi connectivity index (χ4n) is 5.24. The van der Waals surface area contributed by atoms with Crippen LogP contribution in [0.2, 0.25) is 0 Å². The fourth-order valence-corrected chi connectivity index (χ4v) is 5.24. The number of esters is 1. The van der Waals surface area contributed by atoms with Crippen molar-refractivity contribution in [3.05, 3.63) is 59.7 Å². The Morgan fingerprint density at radius 1 is 1.00 bits per heavy atom. The summed E-state index contributed by atoms with van der Waals surface area (Å²) in [4.78, 5) is 14.6. The van der Waals surface area contributed by atoms with Gasteiger partial charge in [0.25, 0.3) is 0 Å². The van der Waals surface area contributed by atoms with E-state index in [-0.39, 0.29) is 30.2 Å². The molecule has 0 aromatic heterocycles. The van der Waals surface area contributed by atoms with Crippen LogP contribution >= 0.6 is 12.4 Å². The second-order valence-corrected chi connectivity index (χ2v) is 10.6. The van der Waals surface area contributed by atoms with Gasteiger partial charge in [-0.2, -0.15) is 8.78 Å². The van der Waals surface area contributed by atoms with E-state index in [1.807, 2.05) is 30.3 Å². The van der Waals surface area contributed by atoms with Gasteiger partial charge in [-0.25, -0.2) is 0 Å². The number of carbonyl (C=O) groups is 1. The first-order valence-electron chi connectivity index (χ1n) is 14.6. The predicted molar refractivity (Wildman–Crippen MR) is 158 cm³/mol. The van der Waals surface area contributed by atoms with Gasteiger partial charge in [0.2, 0.25) is 0 Å². The second-order valence-electron chi connectivity index (χ2n) is 10.6. The number of hydrogen-bond donors (Lipinski definition) is 0. The molecule has 0 amide bonds. The summed E-state index contributed by atoms with van der Waals surface area (Å²) in [5.74, 6) is 0.949. The molecule has 40 heavy (non-hydrogen) atoms. The fraction of sp³-hybridized carbons (Fsp3) is 0.594. The van der Waals surface area contributed by atoms with E-state index >= 15 is 0 Å². The highest BCUT2D eigenvalue weighted by molar-refractivity contribution is 5.85. The number of nitrogens with zero attached hydrogens (tertiary/aromatic N) is 1. The zero-order valence-electron chi connectivity index (χ0n) is 24.0. The Kier molecular flexibility index (Phi) is 16.0. The van der Waals surface area contributed by atoms with E-state index in [4.69, 9.17) is 9.47 Å². The quantitative estimate of drug-likeness (QED) is 0.132. The van der Waals surface area contributed by atoms with Crippen molar-refractivity contribution in [3.63, 3.8) is 0 Å². The van der Waals surface area contributed by atoms with Crippen LogP contribution in [0.25, 0.3) is 0 Å². The standard InChI is InChI=1S/C32H45F2NO4.ClH/c1-3-4-5-6-7-8-9-17-31(36)38-29-23-27(35(2)24-29)20-21-37-30-16-11-10-14-26(30)19-18-25-13-12-15-28(22-25)39-32(33)34;/h10-16,22,27,29,32H,3-9,17-21,23-24H2,1-2H3;1H/t27-,29-;/m1./s1. The summed E-state index contributed by atoms with van der Waals surface area (Å²) in [5.41, 5.74) is 2.01. The number of likely N-dealkylation sites (tertiary alicyclic amines) is 1. The Bertz CT molecular complexity index is 993. The molecule has 1 aliphatic rings. The smallest absolute Gasteiger partial charge is 0.387 e. The van der Waals surface area contributed by atoms with Gasteiger partial charge in [-0.3, -0.25) is 9.69 Å². The van der Waals surface area contributed by atoms with Crippen LogP contribution in [0.15, 0.2) is 48.5 Å². The van der Waals surface area contributed by atoms with Gasteiger partial charge in [0, 0.05) is 25.4 Å². The molecule has 224 valence electrons. The maximum Gasteiger partial charge on any atom is 0.387 e. The van der Waals surface area contributed by atoms with Crippen LogP contribution in [0.5, 0.6) is 11.5 Å². The van der Waals surface area contributed by atoms with Crippen LogP contribution in [0.1, 0.15) is 82.3 Å². The molecule has 1 saturated heterocycles. The van der Waals surface area contributed by atoms with Crippen molar-refractivity contribution < 1.29 is 27.8 Å². The molecule has 3 rings (SSSR count). The van der Waals surface area contributed by atoms with E-state index in [0.29, 0.717) is 25.5 Å². The lowest BCUT2D eigenvalue weighted by atomic mass is 10.0. The van der Waals surface area contributed by atoms with Gasteiger partial charge in [0.1, 0.15) is 17.6 Å². The van der Waals surface area contributed by atoms with Gasteiger partial charge < -0.3 is 14.2 Å². The molecule has 1 aliphatic heterocycles. The highest BCUT2D eigenvalue weighted by Gasteiger charge is 2.31. The SMILES string of the molecule is CCCCCCCCCC(=O)O[C@@H]1C[C@@H](CCOc2ccccc2CCc2cccc(OC(F)F)c2)N(C)C1.Cl. The number of alkyl halides is 2. The van der Waals surface area contributed by atoms with Gasteiger partial charge >= 0.3 is 12.6 Å². The van der Waals surface area contributed by atoms with Crippen molar-refractivity contribution in [2.45, 2.75) is 103 Å². The number of rotatable bonds is 18. The zero-order chi connectivity index (χ0) is 27.9. The largest absolute Gasteiger partial charge is 0.493 e. The molecule has 0 N–H and O–H groups in total. The number of likely N-dealkylation sites (N-methyl/N-ethyl adjacent to an activating group) is 1. The first kappa shape index (κ1) is 33.8. The molecule has 2 aromatic rings. The van der Waals surface area contributed by atoms with Crippen molar-refractivity contribution in [2.75, 3.05) is 20.2 Å². The summed E-state index contributed by atoms with van der Waals surface area (Å²) in [6, 6.07) is 15.1. The van der Waals surface area contributed by atoms with Gasteiger partial charge in [0.05, 0.1) is 6.61 Å². The lowest BCUT2D eigenvalue weighted by molar-refractivity contribution is -0.148. The van der Waals surface area contributed by atoms with E-state index in [2.05, 4.69) is 23.6 Å². The maximum atomic E-state index is 12.5. The summed E-state index contributed by atoms with van der Waals surface area (Å²) >= 11 is 0. The molecule has 1 heterocycles. The van der Waals surface area contributed by atoms with Crippen molar-refractivity contribution in [2.24, 2.45) is 0 Å². The Morgan fingerprint density at radius 3 is 2.52 bits per heavy atom. The summed E-state index contributed by atoms with van der Waals surface area (Å²) in [5, 5.41) is 0. The Hall–Kier alpha value is -2.38. The van der Waals surface area contributed by atoms with Crippen LogP contribution in [-0.2, 0) is 22.4 Å². The van der Waals surface area contributed by atoms with Crippen molar-refractivity contribution in [3.8, 4) is 11.5 Å². The van der Waals surface area contributed by atoms with E-state index in [0.717, 1.165) is 55.5 Å². The minimum atomic E-state index is -2.83. The molecule has 0 spiro atoms. The van der Waals surface area contributed by atoms with Crippen LogP contribution in [0.3, 0.4) is 0 Å². The lowest BCUT2D eigenvalue weighted by Gasteiger charge is -2.19. The molecule has 2 atom stereocenters. The van der Waals surface area contributed by atoms with Gasteiger partial charge in [0.15, 0.2) is 0 Å². The third-order valence-corrected chi connectivity index (χ3v) is 7.42. The van der Waals surface area contributed by atoms with Crippen LogP contribution in [0.4, 0.5) is 8.78 Å². The van der Waals surface area contributed by atoms with E-state index in [1.54, 1.807) is 12.1 Å². The average molecular weight is 582 g/mol. The van der Waals surface area contributed by atoms with Crippen LogP contribution in [0, 0.1) is 0 Å². The molecule has 0 unspecified atom stereocenters. The number of unbranched alkanes of at least 4 members (excludes halogenated alkanes) is 6. The summed E-state index contributed by atoms with van der Waals surface area (Å²) in [6.45, 7) is 0.726. The minimum Gasteiger partial charge on any atom is -0.493 e. The van der Waals surface area contributed by atoms with E-state index < -0.39 is 6.61 Å². The van der Waals surface area contributed by atoms with Crippen molar-refractivity contribution in [1.82, 2.24) is 4.90 Å². The van der Waals surface area contributed by atoms with Crippen LogP contribution in [-0.4, -0.2) is 49.8 Å². The Balaban J connectivity index is 0.00000560. The number of ether oxygens (including phenoxy) is 3. The number of para-hydroxylation sites is 1.